The molecule has 60 heavy (non-hydrogen) atoms. The number of hydrogen-bond acceptors (Lipinski definition) is 5. The Bertz CT molecular complexity index is 1540. The predicted octanol–water partition coefficient (Wildman–Crippen LogP) is 15.6. The molecule has 0 spiro atoms. The molecule has 0 aliphatic heterocycles. The Morgan fingerprint density at radius 2 is 0.467 bits per heavy atom. The van der Waals surface area contributed by atoms with Gasteiger partial charge in [-0.15, -0.1) is 0 Å². The van der Waals surface area contributed by atoms with Crippen LogP contribution >= 0.6 is 0 Å². The summed E-state index contributed by atoms with van der Waals surface area (Å²) in [7, 11) is 0. The number of para-hydroxylation sites is 4. The zero-order valence-corrected chi connectivity index (χ0v) is 37.9. The second-order valence-electron chi connectivity index (χ2n) is 15.4. The molecule has 0 fully saturated rings. The number of hydrogen-bond donors (Lipinski definition) is 5. The van der Waals surface area contributed by atoms with Crippen LogP contribution in [0, 0.1) is 0 Å². The average Bonchev–Trinajstić information content (AvgIpc) is 3.26. The van der Waals surface area contributed by atoms with Gasteiger partial charge in [0.15, 0.2) is 0 Å². The minimum absolute atomic E-state index is 0.322. The number of benzene rings is 5. The first kappa shape index (κ1) is 53.1. The van der Waals surface area contributed by atoms with Crippen molar-refractivity contribution < 1.29 is 25.5 Å². The third-order valence-electron chi connectivity index (χ3n) is 10.2. The van der Waals surface area contributed by atoms with E-state index in [4.69, 9.17) is 20.4 Å². The largest absolute Gasteiger partial charge is 0.508 e. The van der Waals surface area contributed by atoms with Crippen LogP contribution in [0.25, 0.3) is 0 Å². The maximum absolute atomic E-state index is 11.6. The average molecular weight is 821 g/mol. The highest BCUT2D eigenvalue weighted by Crippen LogP contribution is 2.38. The van der Waals surface area contributed by atoms with Crippen molar-refractivity contribution in [3.63, 3.8) is 0 Å². The first-order valence-electron chi connectivity index (χ1n) is 23.1. The van der Waals surface area contributed by atoms with Crippen molar-refractivity contribution in [3.05, 3.63) is 149 Å². The summed E-state index contributed by atoms with van der Waals surface area (Å²) in [6.45, 7) is 11.5. The fraction of sp³-hybridized carbons (Fsp3) is 0.455. The highest BCUT2D eigenvalue weighted by atomic mass is 16.3. The second-order valence-corrected chi connectivity index (χ2v) is 15.4. The Morgan fingerprint density at radius 3 is 0.717 bits per heavy atom. The third-order valence-corrected chi connectivity index (χ3v) is 10.2. The van der Waals surface area contributed by atoms with Crippen molar-refractivity contribution >= 4 is 0 Å². The number of phenols is 5. The molecule has 0 unspecified atom stereocenters. The van der Waals surface area contributed by atoms with Crippen molar-refractivity contribution in [3.8, 4) is 28.7 Å². The Morgan fingerprint density at radius 1 is 0.250 bits per heavy atom. The van der Waals surface area contributed by atoms with Crippen molar-refractivity contribution in [1.82, 2.24) is 0 Å². The first-order valence-corrected chi connectivity index (χ1v) is 23.1. The van der Waals surface area contributed by atoms with E-state index in [1.807, 2.05) is 24.3 Å². The lowest BCUT2D eigenvalue weighted by molar-refractivity contribution is 0.453. The molecule has 5 rings (SSSR count). The van der Waals surface area contributed by atoms with Crippen LogP contribution in [0.5, 0.6) is 28.7 Å². The van der Waals surface area contributed by atoms with Gasteiger partial charge in [0.25, 0.3) is 0 Å². The second kappa shape index (κ2) is 36.0. The summed E-state index contributed by atoms with van der Waals surface area (Å²) in [5.74, 6) is 1.98. The number of unbranched alkanes of at least 4 members (excludes halogenated alkanes) is 10. The fourth-order valence-electron chi connectivity index (χ4n) is 6.84. The lowest BCUT2D eigenvalue weighted by atomic mass is 9.81. The van der Waals surface area contributed by atoms with Crippen molar-refractivity contribution in [2.24, 2.45) is 0 Å². The SMILES string of the molecule is CCCCCCCCCc1c(O)c(CCCC)c(CCCC)c(CCCC)c1CCCC.Oc1ccccc1.Oc1ccccc1.Oc1ccccc1.Oc1ccccc1. The van der Waals surface area contributed by atoms with Gasteiger partial charge in [0.05, 0.1) is 0 Å². The maximum atomic E-state index is 11.6. The van der Waals surface area contributed by atoms with E-state index in [1.54, 1.807) is 114 Å². The van der Waals surface area contributed by atoms with E-state index in [1.165, 1.54) is 114 Å². The van der Waals surface area contributed by atoms with Gasteiger partial charge in [-0.1, -0.05) is 172 Å². The van der Waals surface area contributed by atoms with E-state index < -0.39 is 0 Å². The Kier molecular flexibility index (Phi) is 31.9. The third kappa shape index (κ3) is 24.9. The lowest BCUT2D eigenvalue weighted by Crippen LogP contribution is -2.11. The van der Waals surface area contributed by atoms with E-state index >= 15 is 0 Å². The molecule has 0 aromatic heterocycles. The first-order chi connectivity index (χ1) is 29.2. The van der Waals surface area contributed by atoms with Gasteiger partial charge < -0.3 is 25.5 Å². The lowest BCUT2D eigenvalue weighted by Gasteiger charge is -2.25. The topological polar surface area (TPSA) is 101 Å². The molecule has 0 atom stereocenters. The van der Waals surface area contributed by atoms with Gasteiger partial charge in [-0.2, -0.15) is 0 Å². The highest BCUT2D eigenvalue weighted by molar-refractivity contribution is 5.56. The summed E-state index contributed by atoms with van der Waals surface area (Å²) in [6.07, 6.45) is 24.8. The summed E-state index contributed by atoms with van der Waals surface area (Å²) in [5.41, 5.74) is 7.40. The van der Waals surface area contributed by atoms with Crippen LogP contribution in [0.3, 0.4) is 0 Å². The fourth-order valence-corrected chi connectivity index (χ4v) is 6.84. The molecule has 5 aromatic rings. The summed E-state index contributed by atoms with van der Waals surface area (Å²) in [4.78, 5) is 0. The van der Waals surface area contributed by atoms with E-state index in [0.717, 1.165) is 25.7 Å². The van der Waals surface area contributed by atoms with Crippen LogP contribution in [0.1, 0.15) is 159 Å². The highest BCUT2D eigenvalue weighted by Gasteiger charge is 2.22. The van der Waals surface area contributed by atoms with Crippen molar-refractivity contribution in [2.75, 3.05) is 0 Å². The molecule has 0 saturated carbocycles. The molecule has 0 heterocycles. The van der Waals surface area contributed by atoms with Gasteiger partial charge in [-0.05, 0) is 141 Å². The molecular weight excluding hydrogens is 741 g/mol. The van der Waals surface area contributed by atoms with E-state index in [9.17, 15) is 5.11 Å². The number of phenolic OH excluding ortho intramolecular Hbond substituents is 5. The molecule has 5 aromatic carbocycles. The van der Waals surface area contributed by atoms with Gasteiger partial charge in [-0.25, -0.2) is 0 Å². The van der Waals surface area contributed by atoms with Gasteiger partial charge in [0.2, 0.25) is 0 Å². The molecule has 5 nitrogen and oxygen atoms in total. The van der Waals surface area contributed by atoms with E-state index in [0.29, 0.717) is 28.7 Å². The molecule has 5 heteroatoms. The Balaban J connectivity index is 0.000000501. The molecule has 0 radical (unpaired) electrons. The predicted molar refractivity (Wildman–Crippen MR) is 257 cm³/mol. The quantitative estimate of drug-likeness (QED) is 0.0504. The monoisotopic (exact) mass is 821 g/mol. The number of aromatic hydroxyl groups is 5. The van der Waals surface area contributed by atoms with Crippen LogP contribution < -0.4 is 0 Å². The minimum Gasteiger partial charge on any atom is -0.508 e. The summed E-state index contributed by atoms with van der Waals surface area (Å²) in [5, 5.41) is 46.1. The molecular formula is C55H80O5. The molecule has 0 aliphatic rings. The van der Waals surface area contributed by atoms with Gasteiger partial charge in [0, 0.05) is 0 Å². The van der Waals surface area contributed by atoms with E-state index in [2.05, 4.69) is 34.6 Å². The molecule has 0 saturated heterocycles. The van der Waals surface area contributed by atoms with Gasteiger partial charge in [-0.3, -0.25) is 0 Å². The maximum Gasteiger partial charge on any atom is 0.122 e. The summed E-state index contributed by atoms with van der Waals surface area (Å²) >= 11 is 0. The summed E-state index contributed by atoms with van der Waals surface area (Å²) in [6, 6.07) is 34.9. The molecule has 5 N–H and O–H groups in total. The zero-order chi connectivity index (χ0) is 44.1. The standard InChI is InChI=1S/C31H56O.4C6H6O/c1-6-11-16-17-18-19-20-25-30-28(23-14-9-4)26(21-12-7-2)27(22-13-8-3)29(31(30)32)24-15-10-5;4*7-6-4-2-1-3-5-6/h32H,6-25H2,1-5H3;4*1-5,7H. The van der Waals surface area contributed by atoms with Crippen LogP contribution in [0.15, 0.2) is 121 Å². The van der Waals surface area contributed by atoms with Crippen LogP contribution in [-0.4, -0.2) is 25.5 Å². The number of rotatable bonds is 20. The normalized spacial score (nSPS) is 10.1. The molecule has 0 aliphatic carbocycles. The Labute approximate surface area is 365 Å². The van der Waals surface area contributed by atoms with Crippen molar-refractivity contribution in [2.45, 2.75) is 163 Å². The summed E-state index contributed by atoms with van der Waals surface area (Å²) < 4.78 is 0. The van der Waals surface area contributed by atoms with Crippen LogP contribution in [0.2, 0.25) is 0 Å². The van der Waals surface area contributed by atoms with Gasteiger partial charge >= 0.3 is 0 Å². The van der Waals surface area contributed by atoms with Crippen molar-refractivity contribution in [1.29, 1.82) is 0 Å². The zero-order valence-electron chi connectivity index (χ0n) is 37.9. The van der Waals surface area contributed by atoms with Crippen LogP contribution in [0.4, 0.5) is 0 Å². The smallest absolute Gasteiger partial charge is 0.122 e. The molecule has 0 bridgehead atoms. The Hall–Kier alpha value is -4.90. The van der Waals surface area contributed by atoms with E-state index in [-0.39, 0.29) is 0 Å². The van der Waals surface area contributed by atoms with Crippen LogP contribution in [-0.2, 0) is 32.1 Å². The molecule has 0 amide bonds. The minimum atomic E-state index is 0.322. The molecule has 330 valence electrons. The van der Waals surface area contributed by atoms with Gasteiger partial charge in [0.1, 0.15) is 28.7 Å².